The van der Waals surface area contributed by atoms with Gasteiger partial charge in [-0.2, -0.15) is 0 Å². The van der Waals surface area contributed by atoms with Crippen molar-refractivity contribution in [3.8, 4) is 17.2 Å². The lowest BCUT2D eigenvalue weighted by molar-refractivity contribution is 0.288. The molecule has 7 nitrogen and oxygen atoms in total. The van der Waals surface area contributed by atoms with Gasteiger partial charge in [0.25, 0.3) is 0 Å². The highest BCUT2D eigenvalue weighted by molar-refractivity contribution is 14.0. The van der Waals surface area contributed by atoms with Gasteiger partial charge in [0.2, 0.25) is 5.75 Å². The maximum absolute atomic E-state index is 5.69. The van der Waals surface area contributed by atoms with Crippen molar-refractivity contribution in [1.29, 1.82) is 0 Å². The Morgan fingerprint density at radius 1 is 1.00 bits per heavy atom. The molecule has 0 atom stereocenters. The van der Waals surface area contributed by atoms with E-state index in [1.54, 1.807) is 14.2 Å². The van der Waals surface area contributed by atoms with E-state index in [-0.39, 0.29) is 24.0 Å². The van der Waals surface area contributed by atoms with Crippen LogP contribution in [0.2, 0.25) is 0 Å². The van der Waals surface area contributed by atoms with Crippen LogP contribution in [0.1, 0.15) is 12.5 Å². The highest BCUT2D eigenvalue weighted by Gasteiger charge is 2.20. The summed E-state index contributed by atoms with van der Waals surface area (Å²) in [4.78, 5) is 9.19. The molecule has 0 aromatic heterocycles. The van der Waals surface area contributed by atoms with Gasteiger partial charge in [-0.25, -0.2) is 0 Å². The Labute approximate surface area is 202 Å². The van der Waals surface area contributed by atoms with E-state index in [9.17, 15) is 0 Å². The number of anilines is 1. The Kier molecular flexibility index (Phi) is 10.0. The summed E-state index contributed by atoms with van der Waals surface area (Å²) < 4.78 is 16.7. The van der Waals surface area contributed by atoms with Crippen molar-refractivity contribution in [1.82, 2.24) is 10.2 Å². The van der Waals surface area contributed by atoms with Crippen LogP contribution in [0.4, 0.5) is 5.69 Å². The van der Waals surface area contributed by atoms with E-state index in [1.165, 1.54) is 5.69 Å². The molecule has 170 valence electrons. The predicted octanol–water partition coefficient (Wildman–Crippen LogP) is 3.62. The van der Waals surface area contributed by atoms with E-state index < -0.39 is 0 Å². The molecule has 1 aliphatic rings. The van der Waals surface area contributed by atoms with E-state index >= 15 is 0 Å². The summed E-state index contributed by atoms with van der Waals surface area (Å²) >= 11 is 0. The second-order valence-corrected chi connectivity index (χ2v) is 6.97. The first-order chi connectivity index (χ1) is 14.7. The molecule has 31 heavy (non-hydrogen) atoms. The van der Waals surface area contributed by atoms with Crippen molar-refractivity contribution in [2.75, 3.05) is 59.0 Å². The van der Waals surface area contributed by atoms with Gasteiger partial charge < -0.3 is 29.3 Å². The molecule has 1 fully saturated rings. The Morgan fingerprint density at radius 2 is 1.61 bits per heavy atom. The van der Waals surface area contributed by atoms with Crippen molar-refractivity contribution in [2.24, 2.45) is 4.99 Å². The Balaban J connectivity index is 0.00000341. The van der Waals surface area contributed by atoms with E-state index in [0.29, 0.717) is 30.4 Å². The fourth-order valence-electron chi connectivity index (χ4n) is 3.65. The van der Waals surface area contributed by atoms with Gasteiger partial charge in [0.1, 0.15) is 0 Å². The van der Waals surface area contributed by atoms with Gasteiger partial charge in [0.05, 0.1) is 20.8 Å². The van der Waals surface area contributed by atoms with Gasteiger partial charge in [-0.15, -0.1) is 24.0 Å². The fraction of sp³-hybridized carbons (Fsp3) is 0.435. The number of hydrogen-bond donors (Lipinski definition) is 1. The molecule has 0 saturated carbocycles. The third kappa shape index (κ3) is 6.32. The second-order valence-electron chi connectivity index (χ2n) is 6.97. The van der Waals surface area contributed by atoms with Crippen LogP contribution in [0, 0.1) is 0 Å². The van der Waals surface area contributed by atoms with Crippen LogP contribution in [0.3, 0.4) is 0 Å². The van der Waals surface area contributed by atoms with Crippen molar-refractivity contribution in [2.45, 2.75) is 13.5 Å². The van der Waals surface area contributed by atoms with Crippen molar-refractivity contribution in [3.63, 3.8) is 0 Å². The Bertz CT molecular complexity index is 815. The largest absolute Gasteiger partial charge is 0.493 e. The number of nitrogens with zero attached hydrogens (tertiary/aromatic N) is 3. The summed E-state index contributed by atoms with van der Waals surface area (Å²) in [5.74, 6) is 2.86. The van der Waals surface area contributed by atoms with Gasteiger partial charge in [0.15, 0.2) is 17.5 Å². The molecule has 2 aromatic carbocycles. The molecule has 8 heteroatoms. The van der Waals surface area contributed by atoms with Crippen LogP contribution in [-0.4, -0.2) is 64.9 Å². The molecular formula is C23H33IN4O3. The predicted molar refractivity (Wildman–Crippen MR) is 137 cm³/mol. The maximum Gasteiger partial charge on any atom is 0.203 e. The van der Waals surface area contributed by atoms with Crippen molar-refractivity contribution >= 4 is 35.6 Å². The van der Waals surface area contributed by atoms with Crippen LogP contribution in [0.25, 0.3) is 0 Å². The van der Waals surface area contributed by atoms with Crippen molar-refractivity contribution < 1.29 is 14.2 Å². The molecule has 1 aliphatic heterocycles. The quantitative estimate of drug-likeness (QED) is 0.329. The number of nitrogens with one attached hydrogen (secondary N) is 1. The zero-order chi connectivity index (χ0) is 21.3. The Hall–Kier alpha value is -2.36. The lowest BCUT2D eigenvalue weighted by Gasteiger charge is -2.37. The molecule has 0 spiro atoms. The van der Waals surface area contributed by atoms with Gasteiger partial charge >= 0.3 is 0 Å². The highest BCUT2D eigenvalue weighted by Crippen LogP contribution is 2.38. The van der Waals surface area contributed by atoms with Crippen LogP contribution >= 0.6 is 24.0 Å². The van der Waals surface area contributed by atoms with E-state index in [4.69, 9.17) is 14.2 Å². The van der Waals surface area contributed by atoms with Gasteiger partial charge in [-0.1, -0.05) is 18.2 Å². The molecule has 1 saturated heterocycles. The van der Waals surface area contributed by atoms with Gasteiger partial charge in [-0.3, -0.25) is 4.99 Å². The zero-order valence-corrected chi connectivity index (χ0v) is 21.1. The number of guanidine groups is 1. The lowest BCUT2D eigenvalue weighted by atomic mass is 10.1. The smallest absolute Gasteiger partial charge is 0.203 e. The lowest BCUT2D eigenvalue weighted by Crippen LogP contribution is -2.52. The monoisotopic (exact) mass is 540 g/mol. The topological polar surface area (TPSA) is 58.6 Å². The van der Waals surface area contributed by atoms with E-state index in [0.717, 1.165) is 37.7 Å². The number of aliphatic imine (C=N–C) groups is 1. The normalized spacial score (nSPS) is 14.0. The van der Waals surface area contributed by atoms with Crippen LogP contribution in [0.15, 0.2) is 47.5 Å². The van der Waals surface area contributed by atoms with Crippen LogP contribution in [-0.2, 0) is 6.54 Å². The molecule has 0 bridgehead atoms. The minimum absolute atomic E-state index is 0. The number of halogens is 1. The third-order valence-corrected chi connectivity index (χ3v) is 5.17. The molecule has 3 rings (SSSR count). The number of methoxy groups -OCH3 is 2. The van der Waals surface area contributed by atoms with Crippen molar-refractivity contribution in [3.05, 3.63) is 48.0 Å². The molecule has 0 amide bonds. The third-order valence-electron chi connectivity index (χ3n) is 5.17. The van der Waals surface area contributed by atoms with Crippen LogP contribution < -0.4 is 24.4 Å². The minimum atomic E-state index is 0. The average molecular weight is 540 g/mol. The minimum Gasteiger partial charge on any atom is -0.493 e. The first kappa shape index (κ1) is 24.9. The molecule has 2 aromatic rings. The molecule has 1 heterocycles. The van der Waals surface area contributed by atoms with Gasteiger partial charge in [-0.05, 0) is 36.8 Å². The van der Waals surface area contributed by atoms with Crippen LogP contribution in [0.5, 0.6) is 17.2 Å². The molecule has 0 unspecified atom stereocenters. The van der Waals surface area contributed by atoms with Gasteiger partial charge in [0, 0.05) is 45.5 Å². The van der Waals surface area contributed by atoms with E-state index in [2.05, 4.69) is 50.4 Å². The second kappa shape index (κ2) is 12.5. The maximum atomic E-state index is 5.69. The number of hydrogen-bond acceptors (Lipinski definition) is 5. The fourth-order valence-corrected chi connectivity index (χ4v) is 3.65. The summed E-state index contributed by atoms with van der Waals surface area (Å²) in [5, 5.41) is 3.47. The molecular weight excluding hydrogens is 507 g/mol. The number of ether oxygens (including phenoxy) is 3. The standard InChI is InChI=1S/C23H32N4O3.HI/c1-5-30-22-20(28-3)15-18(16-21(22)29-4)17-25-23(24-2)27-13-11-26(12-14-27)19-9-7-6-8-10-19;/h6-10,15-16H,5,11-14,17H2,1-4H3,(H,24,25);1H. The summed E-state index contributed by atoms with van der Waals surface area (Å²) in [6.07, 6.45) is 0. The number of benzene rings is 2. The first-order valence-corrected chi connectivity index (χ1v) is 10.3. The summed E-state index contributed by atoms with van der Waals surface area (Å²) in [7, 11) is 5.10. The number of rotatable bonds is 7. The number of piperazine rings is 1. The Morgan fingerprint density at radius 3 is 2.13 bits per heavy atom. The average Bonchev–Trinajstić information content (AvgIpc) is 2.81. The SMILES string of the molecule is CCOc1c(OC)cc(CNC(=NC)N2CCN(c3ccccc3)CC2)cc1OC.I. The summed E-state index contributed by atoms with van der Waals surface area (Å²) in [5.41, 5.74) is 2.31. The summed E-state index contributed by atoms with van der Waals surface area (Å²) in [6.45, 7) is 6.88. The first-order valence-electron chi connectivity index (χ1n) is 10.3. The van der Waals surface area contributed by atoms with E-state index in [1.807, 2.05) is 26.1 Å². The molecule has 0 radical (unpaired) electrons. The number of para-hydroxylation sites is 1. The highest BCUT2D eigenvalue weighted by atomic mass is 127. The molecule has 1 N–H and O–H groups in total. The molecule has 0 aliphatic carbocycles. The zero-order valence-electron chi connectivity index (χ0n) is 18.8. The summed E-state index contributed by atoms with van der Waals surface area (Å²) in [6, 6.07) is 14.5.